The summed E-state index contributed by atoms with van der Waals surface area (Å²) in [6, 6.07) is 4.58. The Balaban J connectivity index is 2.31. The molecule has 1 aliphatic heterocycles. The summed E-state index contributed by atoms with van der Waals surface area (Å²) in [5, 5.41) is 0. The van der Waals surface area contributed by atoms with Gasteiger partial charge < -0.3 is 21.1 Å². The van der Waals surface area contributed by atoms with Crippen LogP contribution >= 0.6 is 0 Å². The van der Waals surface area contributed by atoms with E-state index >= 15 is 0 Å². The molecule has 0 radical (unpaired) electrons. The monoisotopic (exact) mass is 263 g/mol. The minimum absolute atomic E-state index is 0.328. The molecule has 19 heavy (non-hydrogen) atoms. The number of hydrogen-bond donors (Lipinski definition) is 2. The third-order valence-corrected chi connectivity index (χ3v) is 3.34. The second-order valence-electron chi connectivity index (χ2n) is 4.52. The number of nitrogens with two attached hydrogens (primary N) is 2. The predicted molar refractivity (Wildman–Crippen MR) is 71.8 cm³/mol. The van der Waals surface area contributed by atoms with Crippen molar-refractivity contribution in [3.8, 4) is 0 Å². The highest BCUT2D eigenvalue weighted by Crippen LogP contribution is 2.31. The zero-order valence-electron chi connectivity index (χ0n) is 10.8. The third kappa shape index (κ3) is 2.47. The second kappa shape index (κ2) is 5.17. The molecule has 0 spiro atoms. The Bertz CT molecular complexity index is 516. The number of esters is 1. The molecule has 1 saturated heterocycles. The Hall–Kier alpha value is -2.24. The number of anilines is 2. The molecule has 1 amide bonds. The highest BCUT2D eigenvalue weighted by atomic mass is 16.5. The van der Waals surface area contributed by atoms with Crippen LogP contribution in [0.2, 0.25) is 0 Å². The van der Waals surface area contributed by atoms with E-state index in [1.807, 2.05) is 4.90 Å². The number of rotatable bonds is 3. The molecule has 0 aliphatic carbocycles. The van der Waals surface area contributed by atoms with Gasteiger partial charge in [-0.25, -0.2) is 4.79 Å². The molecule has 1 unspecified atom stereocenters. The number of methoxy groups -OCH3 is 1. The first-order chi connectivity index (χ1) is 9.04. The van der Waals surface area contributed by atoms with Gasteiger partial charge in [-0.05, 0) is 31.0 Å². The van der Waals surface area contributed by atoms with Crippen LogP contribution in [-0.4, -0.2) is 31.6 Å². The van der Waals surface area contributed by atoms with Gasteiger partial charge in [0.1, 0.15) is 6.04 Å². The van der Waals surface area contributed by atoms with Gasteiger partial charge in [0.15, 0.2) is 0 Å². The van der Waals surface area contributed by atoms with Crippen LogP contribution in [0.4, 0.5) is 11.4 Å². The Labute approximate surface area is 111 Å². The average Bonchev–Trinajstić information content (AvgIpc) is 2.86. The van der Waals surface area contributed by atoms with Crippen LogP contribution in [0.25, 0.3) is 0 Å². The van der Waals surface area contributed by atoms with E-state index in [0.717, 1.165) is 25.1 Å². The number of carbonyl (C=O) groups is 2. The molecule has 4 N–H and O–H groups in total. The van der Waals surface area contributed by atoms with Gasteiger partial charge in [0, 0.05) is 6.54 Å². The summed E-state index contributed by atoms with van der Waals surface area (Å²) in [5.74, 6) is -0.792. The first kappa shape index (κ1) is 13.2. The van der Waals surface area contributed by atoms with E-state index in [1.54, 1.807) is 18.2 Å². The van der Waals surface area contributed by atoms with Gasteiger partial charge in [0.05, 0.1) is 24.0 Å². The molecule has 1 aliphatic rings. The van der Waals surface area contributed by atoms with Crippen molar-refractivity contribution in [2.24, 2.45) is 5.73 Å². The van der Waals surface area contributed by atoms with Gasteiger partial charge in [0.2, 0.25) is 5.91 Å². The molecule has 1 aromatic rings. The number of nitrogen functional groups attached to an aromatic ring is 1. The van der Waals surface area contributed by atoms with E-state index in [2.05, 4.69) is 4.74 Å². The molecule has 6 heteroatoms. The summed E-state index contributed by atoms with van der Waals surface area (Å²) in [7, 11) is 1.32. The highest BCUT2D eigenvalue weighted by Gasteiger charge is 2.30. The lowest BCUT2D eigenvalue weighted by Gasteiger charge is -2.25. The summed E-state index contributed by atoms with van der Waals surface area (Å²) in [5.41, 5.74) is 12.9. The van der Waals surface area contributed by atoms with Gasteiger partial charge in [-0.1, -0.05) is 0 Å². The van der Waals surface area contributed by atoms with Crippen molar-refractivity contribution in [1.82, 2.24) is 0 Å². The zero-order chi connectivity index (χ0) is 14.0. The number of benzene rings is 1. The smallest absolute Gasteiger partial charge is 0.337 e. The van der Waals surface area contributed by atoms with Crippen molar-refractivity contribution in [3.05, 3.63) is 23.8 Å². The lowest BCUT2D eigenvalue weighted by Crippen LogP contribution is -2.40. The van der Waals surface area contributed by atoms with Crippen LogP contribution in [0.3, 0.4) is 0 Å². The van der Waals surface area contributed by atoms with Crippen LogP contribution in [0, 0.1) is 0 Å². The molecule has 0 aromatic heterocycles. The molecular formula is C13H17N3O3. The second-order valence-corrected chi connectivity index (χ2v) is 4.52. The number of ether oxygens (including phenoxy) is 1. The highest BCUT2D eigenvalue weighted by molar-refractivity contribution is 5.93. The largest absolute Gasteiger partial charge is 0.465 e. The first-order valence-electron chi connectivity index (χ1n) is 6.08. The van der Waals surface area contributed by atoms with Crippen LogP contribution in [-0.2, 0) is 9.53 Å². The summed E-state index contributed by atoms with van der Waals surface area (Å²) >= 11 is 0. The summed E-state index contributed by atoms with van der Waals surface area (Å²) < 4.78 is 4.63. The van der Waals surface area contributed by atoms with E-state index in [9.17, 15) is 9.59 Å². The van der Waals surface area contributed by atoms with Crippen molar-refractivity contribution in [3.63, 3.8) is 0 Å². The first-order valence-corrected chi connectivity index (χ1v) is 6.08. The minimum atomic E-state index is -0.439. The van der Waals surface area contributed by atoms with E-state index in [-0.39, 0.29) is 11.9 Å². The van der Waals surface area contributed by atoms with Crippen LogP contribution < -0.4 is 16.4 Å². The molecule has 6 nitrogen and oxygen atoms in total. The number of primary amides is 1. The number of amides is 1. The maximum absolute atomic E-state index is 11.4. The van der Waals surface area contributed by atoms with E-state index in [4.69, 9.17) is 11.5 Å². The molecule has 0 bridgehead atoms. The molecule has 1 heterocycles. The summed E-state index contributed by atoms with van der Waals surface area (Å²) in [6.45, 7) is 0.732. The Morgan fingerprint density at radius 1 is 1.42 bits per heavy atom. The molecule has 0 saturated carbocycles. The lowest BCUT2D eigenvalue weighted by molar-refractivity contribution is -0.119. The Morgan fingerprint density at radius 2 is 2.16 bits per heavy atom. The fraction of sp³-hybridized carbons (Fsp3) is 0.385. The minimum Gasteiger partial charge on any atom is -0.465 e. The van der Waals surface area contributed by atoms with Gasteiger partial charge in [-0.3, -0.25) is 4.79 Å². The molecule has 1 aromatic carbocycles. The Morgan fingerprint density at radius 3 is 2.74 bits per heavy atom. The van der Waals surface area contributed by atoms with Crippen molar-refractivity contribution < 1.29 is 14.3 Å². The molecular weight excluding hydrogens is 246 g/mol. The lowest BCUT2D eigenvalue weighted by atomic mass is 10.1. The standard InChI is InChI=1S/C13H17N3O3/c1-19-13(18)8-4-5-10(9(14)7-8)16-6-2-3-11(16)12(15)17/h4-5,7,11H,2-3,6,14H2,1H3,(H2,15,17). The molecule has 1 atom stereocenters. The van der Waals surface area contributed by atoms with Crippen molar-refractivity contribution in [2.75, 3.05) is 24.3 Å². The number of carbonyl (C=O) groups excluding carboxylic acids is 2. The fourth-order valence-corrected chi connectivity index (χ4v) is 2.41. The van der Waals surface area contributed by atoms with Gasteiger partial charge in [-0.15, -0.1) is 0 Å². The predicted octanol–water partition coefficient (Wildman–Crippen LogP) is 0.509. The Kier molecular flexibility index (Phi) is 3.59. The van der Waals surface area contributed by atoms with Crippen LogP contribution in [0.5, 0.6) is 0 Å². The quantitative estimate of drug-likeness (QED) is 0.611. The van der Waals surface area contributed by atoms with Crippen molar-refractivity contribution in [2.45, 2.75) is 18.9 Å². The summed E-state index contributed by atoms with van der Waals surface area (Å²) in [4.78, 5) is 24.7. The van der Waals surface area contributed by atoms with E-state index in [0.29, 0.717) is 11.3 Å². The molecule has 102 valence electrons. The number of nitrogens with zero attached hydrogens (tertiary/aromatic N) is 1. The fourth-order valence-electron chi connectivity index (χ4n) is 2.41. The van der Waals surface area contributed by atoms with E-state index < -0.39 is 5.97 Å². The average molecular weight is 263 g/mol. The zero-order valence-corrected chi connectivity index (χ0v) is 10.8. The summed E-state index contributed by atoms with van der Waals surface area (Å²) in [6.07, 6.45) is 1.62. The van der Waals surface area contributed by atoms with Gasteiger partial charge >= 0.3 is 5.97 Å². The SMILES string of the molecule is COC(=O)c1ccc(N2CCCC2C(N)=O)c(N)c1. The third-order valence-electron chi connectivity index (χ3n) is 3.34. The topological polar surface area (TPSA) is 98.6 Å². The van der Waals surface area contributed by atoms with Crippen molar-refractivity contribution >= 4 is 23.3 Å². The van der Waals surface area contributed by atoms with Crippen LogP contribution in [0.15, 0.2) is 18.2 Å². The maximum Gasteiger partial charge on any atom is 0.337 e. The van der Waals surface area contributed by atoms with Gasteiger partial charge in [-0.2, -0.15) is 0 Å². The molecule has 1 fully saturated rings. The number of hydrogen-bond acceptors (Lipinski definition) is 5. The van der Waals surface area contributed by atoms with Gasteiger partial charge in [0.25, 0.3) is 0 Å². The van der Waals surface area contributed by atoms with E-state index in [1.165, 1.54) is 7.11 Å². The normalized spacial score (nSPS) is 18.4. The molecule has 2 rings (SSSR count). The van der Waals surface area contributed by atoms with Crippen molar-refractivity contribution in [1.29, 1.82) is 0 Å². The maximum atomic E-state index is 11.4. The van der Waals surface area contributed by atoms with Crippen LogP contribution in [0.1, 0.15) is 23.2 Å².